The van der Waals surface area contributed by atoms with Crippen LogP contribution in [0, 0.1) is 5.82 Å². The fourth-order valence-corrected chi connectivity index (χ4v) is 3.04. The molecule has 0 amide bonds. The fraction of sp³-hybridized carbons (Fsp3) is 0.500. The highest BCUT2D eigenvalue weighted by Crippen LogP contribution is 2.28. The lowest BCUT2D eigenvalue weighted by molar-refractivity contribution is 0.167. The number of rotatable bonds is 4. The molecular weight excluding hydrogens is 255 g/mol. The van der Waals surface area contributed by atoms with Gasteiger partial charge in [0.15, 0.2) is 0 Å². The molecule has 0 radical (unpaired) electrons. The van der Waals surface area contributed by atoms with E-state index in [-0.39, 0.29) is 11.9 Å². The fourth-order valence-electron chi connectivity index (χ4n) is 3.04. The summed E-state index contributed by atoms with van der Waals surface area (Å²) in [5.41, 5.74) is 3.52. The number of halogens is 1. The molecule has 2 aromatic rings. The summed E-state index contributed by atoms with van der Waals surface area (Å²) in [5.74, 6) is -0.175. The van der Waals surface area contributed by atoms with E-state index in [9.17, 15) is 9.50 Å². The van der Waals surface area contributed by atoms with Gasteiger partial charge in [0.05, 0.1) is 6.10 Å². The average Bonchev–Trinajstić information content (AvgIpc) is 2.76. The lowest BCUT2D eigenvalue weighted by Gasteiger charge is -2.27. The molecular formula is C16H21FN2O. The van der Waals surface area contributed by atoms with E-state index in [0.29, 0.717) is 0 Å². The Bertz CT molecular complexity index is 606. The Kier molecular flexibility index (Phi) is 3.76. The van der Waals surface area contributed by atoms with Crippen molar-refractivity contribution in [3.05, 3.63) is 35.3 Å². The molecule has 2 heterocycles. The molecule has 3 nitrogen and oxygen atoms in total. The van der Waals surface area contributed by atoms with E-state index in [4.69, 9.17) is 0 Å². The van der Waals surface area contributed by atoms with Crippen LogP contribution in [-0.4, -0.2) is 34.2 Å². The Balaban J connectivity index is 1.76. The zero-order chi connectivity index (χ0) is 14.1. The number of benzene rings is 1. The van der Waals surface area contributed by atoms with Crippen LogP contribution in [-0.2, 0) is 13.0 Å². The second-order valence-corrected chi connectivity index (χ2v) is 5.79. The monoisotopic (exact) mass is 276 g/mol. The highest BCUT2D eigenvalue weighted by atomic mass is 19.1. The van der Waals surface area contributed by atoms with Crippen LogP contribution in [0.3, 0.4) is 0 Å². The number of hydrogen-bond acceptors (Lipinski definition) is 2. The number of hydrogen-bond donors (Lipinski definition) is 2. The summed E-state index contributed by atoms with van der Waals surface area (Å²) in [7, 11) is 0. The summed E-state index contributed by atoms with van der Waals surface area (Å²) in [6.45, 7) is 4.73. The molecule has 0 fully saturated rings. The van der Waals surface area contributed by atoms with Crippen molar-refractivity contribution in [2.75, 3.05) is 13.1 Å². The first-order chi connectivity index (χ1) is 9.63. The van der Waals surface area contributed by atoms with Gasteiger partial charge in [-0.1, -0.05) is 0 Å². The summed E-state index contributed by atoms with van der Waals surface area (Å²) >= 11 is 0. The lowest BCUT2D eigenvalue weighted by Crippen LogP contribution is -2.31. The van der Waals surface area contributed by atoms with Gasteiger partial charge in [0.25, 0.3) is 0 Å². The summed E-state index contributed by atoms with van der Waals surface area (Å²) in [4.78, 5) is 5.80. The molecule has 3 rings (SSSR count). The molecule has 108 valence electrons. The average molecular weight is 276 g/mol. The van der Waals surface area contributed by atoms with Crippen molar-refractivity contribution in [1.82, 2.24) is 9.88 Å². The third-order valence-electron chi connectivity index (χ3n) is 4.11. The van der Waals surface area contributed by atoms with Crippen LogP contribution in [0.1, 0.15) is 31.0 Å². The van der Waals surface area contributed by atoms with Crippen molar-refractivity contribution in [2.24, 2.45) is 0 Å². The van der Waals surface area contributed by atoms with Crippen LogP contribution in [0.25, 0.3) is 10.9 Å². The molecule has 4 heteroatoms. The largest absolute Gasteiger partial charge is 0.393 e. The highest BCUT2D eigenvalue weighted by molar-refractivity contribution is 5.84. The Morgan fingerprint density at radius 2 is 2.30 bits per heavy atom. The van der Waals surface area contributed by atoms with Crippen LogP contribution in [0.5, 0.6) is 0 Å². The number of aliphatic hydroxyl groups excluding tert-OH is 1. The van der Waals surface area contributed by atoms with Crippen molar-refractivity contribution < 1.29 is 9.50 Å². The summed E-state index contributed by atoms with van der Waals surface area (Å²) in [6, 6.07) is 4.95. The second-order valence-electron chi connectivity index (χ2n) is 5.79. The number of aromatic nitrogens is 1. The molecule has 0 bridgehead atoms. The standard InChI is InChI=1S/C16H21FN2O/c1-11(20)3-2-7-19-8-6-16-14(10-19)13-9-12(17)4-5-15(13)18-16/h4-5,9,11,18,20H,2-3,6-8,10H2,1H3/t11-/m0/s1. The first-order valence-electron chi connectivity index (χ1n) is 7.33. The van der Waals surface area contributed by atoms with E-state index in [1.54, 1.807) is 6.07 Å². The minimum Gasteiger partial charge on any atom is -0.393 e. The topological polar surface area (TPSA) is 39.3 Å². The van der Waals surface area contributed by atoms with E-state index in [1.165, 1.54) is 17.3 Å². The molecule has 0 saturated carbocycles. The molecule has 1 aliphatic heterocycles. The van der Waals surface area contributed by atoms with E-state index < -0.39 is 0 Å². The van der Waals surface area contributed by atoms with Gasteiger partial charge in [-0.05, 0) is 50.1 Å². The Labute approximate surface area is 118 Å². The van der Waals surface area contributed by atoms with Crippen molar-refractivity contribution in [3.63, 3.8) is 0 Å². The molecule has 1 aromatic heterocycles. The third-order valence-corrected chi connectivity index (χ3v) is 4.11. The number of aromatic amines is 1. The van der Waals surface area contributed by atoms with Gasteiger partial charge in [-0.25, -0.2) is 4.39 Å². The molecule has 0 aliphatic carbocycles. The molecule has 0 saturated heterocycles. The predicted molar refractivity (Wildman–Crippen MR) is 78.2 cm³/mol. The Morgan fingerprint density at radius 1 is 1.45 bits per heavy atom. The van der Waals surface area contributed by atoms with E-state index in [0.717, 1.165) is 49.8 Å². The maximum absolute atomic E-state index is 13.4. The molecule has 2 N–H and O–H groups in total. The van der Waals surface area contributed by atoms with Gasteiger partial charge in [0.2, 0.25) is 0 Å². The molecule has 1 atom stereocenters. The maximum atomic E-state index is 13.4. The van der Waals surface area contributed by atoms with Gasteiger partial charge in [0, 0.05) is 36.1 Å². The van der Waals surface area contributed by atoms with Crippen LogP contribution in [0.4, 0.5) is 4.39 Å². The molecule has 0 unspecified atom stereocenters. The predicted octanol–water partition coefficient (Wildman–Crippen LogP) is 2.83. The van der Waals surface area contributed by atoms with Crippen molar-refractivity contribution in [2.45, 2.75) is 38.8 Å². The first kappa shape index (κ1) is 13.6. The number of nitrogens with zero attached hydrogens (tertiary/aromatic N) is 1. The minimum absolute atomic E-state index is 0.175. The molecule has 1 aromatic carbocycles. The number of nitrogens with one attached hydrogen (secondary N) is 1. The SMILES string of the molecule is C[C@H](O)CCCN1CCc2[nH]c3ccc(F)cc3c2C1. The van der Waals surface area contributed by atoms with Crippen molar-refractivity contribution >= 4 is 10.9 Å². The van der Waals surface area contributed by atoms with Crippen LogP contribution < -0.4 is 0 Å². The molecule has 20 heavy (non-hydrogen) atoms. The Morgan fingerprint density at radius 3 is 3.10 bits per heavy atom. The first-order valence-corrected chi connectivity index (χ1v) is 7.33. The van der Waals surface area contributed by atoms with E-state index in [2.05, 4.69) is 9.88 Å². The zero-order valence-corrected chi connectivity index (χ0v) is 11.8. The summed E-state index contributed by atoms with van der Waals surface area (Å²) < 4.78 is 13.4. The van der Waals surface area contributed by atoms with E-state index >= 15 is 0 Å². The van der Waals surface area contributed by atoms with Crippen molar-refractivity contribution in [1.29, 1.82) is 0 Å². The summed E-state index contributed by atoms with van der Waals surface area (Å²) in [5, 5.41) is 10.3. The van der Waals surface area contributed by atoms with Crippen molar-refractivity contribution in [3.8, 4) is 0 Å². The molecule has 0 spiro atoms. The van der Waals surface area contributed by atoms with Gasteiger partial charge in [0.1, 0.15) is 5.82 Å². The van der Waals surface area contributed by atoms with Gasteiger partial charge >= 0.3 is 0 Å². The van der Waals surface area contributed by atoms with Gasteiger partial charge in [-0.2, -0.15) is 0 Å². The number of aliphatic hydroxyl groups is 1. The zero-order valence-electron chi connectivity index (χ0n) is 11.8. The number of H-pyrrole nitrogens is 1. The normalized spacial score (nSPS) is 17.4. The van der Waals surface area contributed by atoms with Crippen LogP contribution in [0.2, 0.25) is 0 Å². The molecule has 1 aliphatic rings. The summed E-state index contributed by atoms with van der Waals surface area (Å²) in [6.07, 6.45) is 2.60. The van der Waals surface area contributed by atoms with Gasteiger partial charge < -0.3 is 10.1 Å². The Hall–Kier alpha value is -1.39. The maximum Gasteiger partial charge on any atom is 0.123 e. The highest BCUT2D eigenvalue weighted by Gasteiger charge is 2.20. The smallest absolute Gasteiger partial charge is 0.123 e. The minimum atomic E-state index is -0.225. The van der Waals surface area contributed by atoms with E-state index in [1.807, 2.05) is 13.0 Å². The number of fused-ring (bicyclic) bond motifs is 3. The van der Waals surface area contributed by atoms with Gasteiger partial charge in [-0.15, -0.1) is 0 Å². The quantitative estimate of drug-likeness (QED) is 0.901. The third kappa shape index (κ3) is 2.72. The van der Waals surface area contributed by atoms with Crippen LogP contribution >= 0.6 is 0 Å². The van der Waals surface area contributed by atoms with Gasteiger partial charge in [-0.3, -0.25) is 4.90 Å². The second kappa shape index (κ2) is 5.54. The lowest BCUT2D eigenvalue weighted by atomic mass is 10.0. The van der Waals surface area contributed by atoms with Crippen LogP contribution in [0.15, 0.2) is 18.2 Å².